The maximum absolute atomic E-state index is 11.6. The molecule has 2 atom stereocenters. The van der Waals surface area contributed by atoms with Crippen LogP contribution in [0.15, 0.2) is 0 Å². The van der Waals surface area contributed by atoms with Crippen molar-refractivity contribution in [3.8, 4) is 0 Å². The molecule has 1 aliphatic heterocycles. The number of carboxylic acids is 1. The molecule has 1 heterocycles. The number of hydrogen-bond donors (Lipinski definition) is 2. The molecule has 5 nitrogen and oxygen atoms in total. The predicted octanol–water partition coefficient (Wildman–Crippen LogP) is 1.71. The molecule has 1 rings (SSSR count). The van der Waals surface area contributed by atoms with Crippen molar-refractivity contribution in [3.05, 3.63) is 0 Å². The van der Waals surface area contributed by atoms with E-state index in [9.17, 15) is 9.59 Å². The van der Waals surface area contributed by atoms with Crippen LogP contribution in [0.25, 0.3) is 0 Å². The van der Waals surface area contributed by atoms with Crippen LogP contribution >= 0.6 is 0 Å². The van der Waals surface area contributed by atoms with Gasteiger partial charge < -0.3 is 15.2 Å². The minimum atomic E-state index is -0.827. The van der Waals surface area contributed by atoms with Crippen LogP contribution in [-0.2, 0) is 14.3 Å². The van der Waals surface area contributed by atoms with Gasteiger partial charge in [0.15, 0.2) is 0 Å². The molecule has 1 fully saturated rings. The number of carbonyl (C=O) groups is 2. The highest BCUT2D eigenvalue weighted by Crippen LogP contribution is 2.16. The molecule has 5 heteroatoms. The van der Waals surface area contributed by atoms with E-state index in [2.05, 4.69) is 5.32 Å². The van der Waals surface area contributed by atoms with Crippen molar-refractivity contribution in [1.82, 2.24) is 5.32 Å². The van der Waals surface area contributed by atoms with Crippen molar-refractivity contribution in [2.45, 2.75) is 64.0 Å². The van der Waals surface area contributed by atoms with Crippen LogP contribution < -0.4 is 5.32 Å². The van der Waals surface area contributed by atoms with Crippen LogP contribution in [0, 0.1) is 0 Å². The summed E-state index contributed by atoms with van der Waals surface area (Å²) in [7, 11) is 0. The van der Waals surface area contributed by atoms with E-state index in [4.69, 9.17) is 9.84 Å². The summed E-state index contributed by atoms with van der Waals surface area (Å²) in [6.45, 7) is 2.64. The van der Waals surface area contributed by atoms with Gasteiger partial charge in [0.1, 0.15) is 0 Å². The van der Waals surface area contributed by atoms with Gasteiger partial charge >= 0.3 is 5.97 Å². The normalized spacial score (nSPS) is 21.3. The summed E-state index contributed by atoms with van der Waals surface area (Å²) in [5, 5.41) is 11.4. The van der Waals surface area contributed by atoms with Gasteiger partial charge in [-0.1, -0.05) is 0 Å². The molecule has 0 saturated carbocycles. The number of carboxylic acid groups (broad SMARTS) is 1. The van der Waals surface area contributed by atoms with E-state index in [1.165, 1.54) is 6.42 Å². The van der Waals surface area contributed by atoms with Gasteiger partial charge in [0.05, 0.1) is 6.10 Å². The van der Waals surface area contributed by atoms with E-state index in [1.807, 2.05) is 6.92 Å². The Morgan fingerprint density at radius 1 is 1.39 bits per heavy atom. The molecular weight excluding hydrogens is 234 g/mol. The minimum Gasteiger partial charge on any atom is -0.481 e. The number of carbonyl (C=O) groups excluding carboxylic acids is 1. The fourth-order valence-electron chi connectivity index (χ4n) is 2.09. The van der Waals surface area contributed by atoms with Crippen molar-refractivity contribution in [2.75, 3.05) is 6.61 Å². The first kappa shape index (κ1) is 15.0. The van der Waals surface area contributed by atoms with E-state index >= 15 is 0 Å². The van der Waals surface area contributed by atoms with Gasteiger partial charge in [-0.2, -0.15) is 0 Å². The number of aliphatic carboxylic acids is 1. The molecule has 0 aliphatic carbocycles. The van der Waals surface area contributed by atoms with Crippen LogP contribution in [0.2, 0.25) is 0 Å². The third kappa shape index (κ3) is 6.59. The molecule has 0 aromatic heterocycles. The SMILES string of the molecule is CC(CCC(=O)O)NC(=O)CCC1CCCCO1. The summed E-state index contributed by atoms with van der Waals surface area (Å²) in [4.78, 5) is 22.0. The molecule has 1 aliphatic rings. The van der Waals surface area contributed by atoms with Gasteiger partial charge in [0, 0.05) is 25.5 Å². The number of amides is 1. The fraction of sp³-hybridized carbons (Fsp3) is 0.846. The summed E-state index contributed by atoms with van der Waals surface area (Å²) >= 11 is 0. The van der Waals surface area contributed by atoms with Crippen LogP contribution in [0.4, 0.5) is 0 Å². The lowest BCUT2D eigenvalue weighted by Gasteiger charge is -2.22. The van der Waals surface area contributed by atoms with Gasteiger partial charge in [-0.05, 0) is 39.0 Å². The van der Waals surface area contributed by atoms with Gasteiger partial charge in [-0.25, -0.2) is 0 Å². The van der Waals surface area contributed by atoms with E-state index in [0.29, 0.717) is 12.8 Å². The fourth-order valence-corrected chi connectivity index (χ4v) is 2.09. The smallest absolute Gasteiger partial charge is 0.303 e. The Labute approximate surface area is 108 Å². The van der Waals surface area contributed by atoms with Crippen molar-refractivity contribution in [3.63, 3.8) is 0 Å². The second kappa shape index (κ2) is 8.08. The van der Waals surface area contributed by atoms with Crippen molar-refractivity contribution in [2.24, 2.45) is 0 Å². The predicted molar refractivity (Wildman–Crippen MR) is 67.3 cm³/mol. The number of rotatable bonds is 7. The second-order valence-electron chi connectivity index (χ2n) is 4.93. The molecule has 0 radical (unpaired) electrons. The number of hydrogen-bond acceptors (Lipinski definition) is 3. The third-order valence-electron chi connectivity index (χ3n) is 3.17. The molecule has 0 aromatic carbocycles. The van der Waals surface area contributed by atoms with Crippen molar-refractivity contribution >= 4 is 11.9 Å². The Bertz CT molecular complexity index is 274. The zero-order valence-electron chi connectivity index (χ0n) is 11.0. The molecule has 0 spiro atoms. The second-order valence-corrected chi connectivity index (χ2v) is 4.93. The lowest BCUT2D eigenvalue weighted by molar-refractivity contribution is -0.137. The van der Waals surface area contributed by atoms with Crippen molar-refractivity contribution in [1.29, 1.82) is 0 Å². The Morgan fingerprint density at radius 2 is 2.17 bits per heavy atom. The Kier molecular flexibility index (Phi) is 6.72. The molecule has 18 heavy (non-hydrogen) atoms. The largest absolute Gasteiger partial charge is 0.481 e. The average Bonchev–Trinajstić information content (AvgIpc) is 2.35. The average molecular weight is 257 g/mol. The van der Waals surface area contributed by atoms with Gasteiger partial charge in [-0.3, -0.25) is 9.59 Å². The highest BCUT2D eigenvalue weighted by Gasteiger charge is 2.16. The van der Waals surface area contributed by atoms with Gasteiger partial charge in [0.2, 0.25) is 5.91 Å². The first-order valence-electron chi connectivity index (χ1n) is 6.70. The molecule has 2 unspecified atom stereocenters. The zero-order chi connectivity index (χ0) is 13.4. The molecule has 0 bridgehead atoms. The van der Waals surface area contributed by atoms with E-state index in [-0.39, 0.29) is 24.5 Å². The van der Waals surface area contributed by atoms with Crippen molar-refractivity contribution < 1.29 is 19.4 Å². The lowest BCUT2D eigenvalue weighted by Crippen LogP contribution is -2.33. The van der Waals surface area contributed by atoms with Gasteiger partial charge in [-0.15, -0.1) is 0 Å². The quantitative estimate of drug-likeness (QED) is 0.728. The topological polar surface area (TPSA) is 75.6 Å². The molecular formula is C13H23NO4. The highest BCUT2D eigenvalue weighted by molar-refractivity contribution is 5.76. The van der Waals surface area contributed by atoms with E-state index < -0.39 is 5.97 Å². The third-order valence-corrected chi connectivity index (χ3v) is 3.17. The van der Waals surface area contributed by atoms with E-state index in [1.54, 1.807) is 0 Å². The summed E-state index contributed by atoms with van der Waals surface area (Å²) in [6, 6.07) is -0.0825. The first-order chi connectivity index (χ1) is 8.58. The molecule has 1 amide bonds. The van der Waals surface area contributed by atoms with E-state index in [0.717, 1.165) is 25.9 Å². The Hall–Kier alpha value is -1.10. The standard InChI is InChI=1S/C13H23NO4/c1-10(5-8-13(16)17)14-12(15)7-6-11-4-2-3-9-18-11/h10-11H,2-9H2,1H3,(H,14,15)(H,16,17). The maximum atomic E-state index is 11.6. The van der Waals surface area contributed by atoms with Crippen LogP contribution in [-0.4, -0.2) is 35.7 Å². The van der Waals surface area contributed by atoms with Gasteiger partial charge in [0.25, 0.3) is 0 Å². The Morgan fingerprint density at radius 3 is 2.78 bits per heavy atom. The molecule has 1 saturated heterocycles. The Balaban J connectivity index is 2.10. The number of nitrogens with one attached hydrogen (secondary N) is 1. The highest BCUT2D eigenvalue weighted by atomic mass is 16.5. The summed E-state index contributed by atoms with van der Waals surface area (Å²) in [6.07, 6.45) is 5.35. The lowest BCUT2D eigenvalue weighted by atomic mass is 10.0. The number of ether oxygens (including phenoxy) is 1. The first-order valence-corrected chi connectivity index (χ1v) is 6.70. The molecule has 104 valence electrons. The maximum Gasteiger partial charge on any atom is 0.303 e. The summed E-state index contributed by atoms with van der Waals surface area (Å²) < 4.78 is 5.55. The summed E-state index contributed by atoms with van der Waals surface area (Å²) in [5.74, 6) is -0.839. The minimum absolute atomic E-state index is 0.0120. The van der Waals surface area contributed by atoms with Crippen LogP contribution in [0.5, 0.6) is 0 Å². The molecule has 0 aromatic rings. The monoisotopic (exact) mass is 257 g/mol. The molecule has 2 N–H and O–H groups in total. The summed E-state index contributed by atoms with van der Waals surface area (Å²) in [5.41, 5.74) is 0. The zero-order valence-corrected chi connectivity index (χ0v) is 11.0. The van der Waals surface area contributed by atoms with Crippen LogP contribution in [0.1, 0.15) is 51.9 Å². The van der Waals surface area contributed by atoms with Crippen LogP contribution in [0.3, 0.4) is 0 Å².